The Morgan fingerprint density at radius 3 is 2.87 bits per heavy atom. The molecule has 0 atom stereocenters. The number of nitrogens with one attached hydrogen (secondary N) is 1. The summed E-state index contributed by atoms with van der Waals surface area (Å²) in [5.41, 5.74) is 3.28. The van der Waals surface area contributed by atoms with Crippen LogP contribution < -0.4 is 5.32 Å². The van der Waals surface area contributed by atoms with Gasteiger partial charge in [0.25, 0.3) is 5.69 Å². The van der Waals surface area contributed by atoms with Crippen molar-refractivity contribution in [1.29, 1.82) is 0 Å². The minimum atomic E-state index is -0.387. The van der Waals surface area contributed by atoms with E-state index in [1.807, 2.05) is 12.1 Å². The summed E-state index contributed by atoms with van der Waals surface area (Å²) >= 11 is 0. The molecule has 1 N–H and O–H groups in total. The van der Waals surface area contributed by atoms with E-state index in [0.717, 1.165) is 35.6 Å². The van der Waals surface area contributed by atoms with Gasteiger partial charge in [0.05, 0.1) is 10.6 Å². The van der Waals surface area contributed by atoms with Gasteiger partial charge in [-0.2, -0.15) is 5.10 Å². The molecule has 23 heavy (non-hydrogen) atoms. The largest absolute Gasteiger partial charge is 0.369 e. The molecule has 2 aromatic heterocycles. The van der Waals surface area contributed by atoms with Crippen LogP contribution in [0.1, 0.15) is 5.56 Å². The molecule has 0 spiro atoms. The molecule has 4 rings (SSSR count). The van der Waals surface area contributed by atoms with Gasteiger partial charge < -0.3 is 5.32 Å². The molecule has 7 heteroatoms. The Bertz CT molecular complexity index is 889. The van der Waals surface area contributed by atoms with Crippen LogP contribution in [0.25, 0.3) is 16.9 Å². The number of aromatic nitrogens is 3. The van der Waals surface area contributed by atoms with Crippen molar-refractivity contribution >= 4 is 11.5 Å². The van der Waals surface area contributed by atoms with Gasteiger partial charge in [-0.1, -0.05) is 12.1 Å². The van der Waals surface area contributed by atoms with Crippen molar-refractivity contribution in [3.8, 4) is 16.9 Å². The van der Waals surface area contributed by atoms with Gasteiger partial charge in [-0.05, 0) is 24.6 Å². The summed E-state index contributed by atoms with van der Waals surface area (Å²) < 4.78 is 1.63. The quantitative estimate of drug-likeness (QED) is 0.594. The number of nitro groups is 1. The fourth-order valence-electron chi connectivity index (χ4n) is 2.88. The number of hydrogen-bond donors (Lipinski definition) is 1. The van der Waals surface area contributed by atoms with Crippen LogP contribution in [0.15, 0.2) is 48.8 Å². The van der Waals surface area contributed by atoms with E-state index in [9.17, 15) is 10.1 Å². The number of nitro benzene ring substituents is 1. The Morgan fingerprint density at radius 1 is 1.22 bits per heavy atom. The number of anilines is 1. The third-order valence-corrected chi connectivity index (χ3v) is 3.89. The van der Waals surface area contributed by atoms with E-state index in [-0.39, 0.29) is 10.6 Å². The number of hydrogen-bond acceptors (Lipinski definition) is 5. The molecule has 1 aromatic carbocycles. The second-order valence-corrected chi connectivity index (χ2v) is 5.25. The summed E-state index contributed by atoms with van der Waals surface area (Å²) in [4.78, 5) is 15.1. The van der Waals surface area contributed by atoms with Gasteiger partial charge >= 0.3 is 0 Å². The average molecular weight is 307 g/mol. The van der Waals surface area contributed by atoms with Gasteiger partial charge in [0, 0.05) is 36.1 Å². The van der Waals surface area contributed by atoms with Crippen LogP contribution in [0.3, 0.4) is 0 Å². The molecule has 0 unspecified atom stereocenters. The maximum absolute atomic E-state index is 11.3. The number of benzene rings is 1. The van der Waals surface area contributed by atoms with Gasteiger partial charge in [-0.3, -0.25) is 15.1 Å². The van der Waals surface area contributed by atoms with E-state index in [2.05, 4.69) is 15.4 Å². The van der Waals surface area contributed by atoms with Crippen molar-refractivity contribution in [1.82, 2.24) is 14.8 Å². The van der Waals surface area contributed by atoms with Crippen molar-refractivity contribution in [3.05, 3.63) is 64.5 Å². The molecule has 0 amide bonds. The Morgan fingerprint density at radius 2 is 2.09 bits per heavy atom. The summed E-state index contributed by atoms with van der Waals surface area (Å²) in [5, 5.41) is 19.2. The first kappa shape index (κ1) is 13.4. The molecule has 3 aromatic rings. The predicted octanol–water partition coefficient (Wildman–Crippen LogP) is 2.81. The predicted molar refractivity (Wildman–Crippen MR) is 85.6 cm³/mol. The van der Waals surface area contributed by atoms with Crippen molar-refractivity contribution in [2.24, 2.45) is 0 Å². The lowest BCUT2D eigenvalue weighted by atomic mass is 10.1. The smallest absolute Gasteiger partial charge is 0.294 e. The third-order valence-electron chi connectivity index (χ3n) is 3.89. The second kappa shape index (κ2) is 5.20. The maximum Gasteiger partial charge on any atom is 0.294 e. The molecule has 3 heterocycles. The SMILES string of the molecule is O=[N+]([O-])c1ccccc1-n1nc(-c2cccnc2)c2c1NCC2. The molecule has 0 saturated heterocycles. The first-order chi connectivity index (χ1) is 11.3. The van der Waals surface area contributed by atoms with Crippen LogP contribution in [0.4, 0.5) is 11.5 Å². The van der Waals surface area contributed by atoms with E-state index in [1.165, 1.54) is 6.07 Å². The summed E-state index contributed by atoms with van der Waals surface area (Å²) in [6, 6.07) is 10.4. The van der Waals surface area contributed by atoms with Crippen LogP contribution in [-0.4, -0.2) is 26.2 Å². The average Bonchev–Trinajstić information content (AvgIpc) is 3.18. The topological polar surface area (TPSA) is 85.9 Å². The monoisotopic (exact) mass is 307 g/mol. The van der Waals surface area contributed by atoms with E-state index < -0.39 is 0 Å². The first-order valence-electron chi connectivity index (χ1n) is 7.25. The zero-order chi connectivity index (χ0) is 15.8. The Hall–Kier alpha value is -3.22. The van der Waals surface area contributed by atoms with Gasteiger partial charge in [0.1, 0.15) is 11.5 Å². The van der Waals surface area contributed by atoms with E-state index in [1.54, 1.807) is 35.3 Å². The van der Waals surface area contributed by atoms with Crippen molar-refractivity contribution < 1.29 is 4.92 Å². The lowest BCUT2D eigenvalue weighted by molar-refractivity contribution is -0.384. The van der Waals surface area contributed by atoms with E-state index in [4.69, 9.17) is 0 Å². The van der Waals surface area contributed by atoms with Crippen LogP contribution in [0.5, 0.6) is 0 Å². The molecule has 7 nitrogen and oxygen atoms in total. The number of rotatable bonds is 3. The van der Waals surface area contributed by atoms with E-state index >= 15 is 0 Å². The lowest BCUT2D eigenvalue weighted by Gasteiger charge is -2.06. The third kappa shape index (κ3) is 2.13. The Labute approximate surface area is 131 Å². The molecular formula is C16H13N5O2. The number of pyridine rings is 1. The standard InChI is InChI=1S/C16H13N5O2/c22-21(23)14-6-2-1-5-13(14)20-16-12(7-9-18-16)15(19-20)11-4-3-8-17-10-11/h1-6,8,10,18H,7,9H2. The van der Waals surface area contributed by atoms with Crippen molar-refractivity contribution in [2.75, 3.05) is 11.9 Å². The second-order valence-electron chi connectivity index (χ2n) is 5.25. The zero-order valence-electron chi connectivity index (χ0n) is 12.1. The van der Waals surface area contributed by atoms with Crippen molar-refractivity contribution in [3.63, 3.8) is 0 Å². The summed E-state index contributed by atoms with van der Waals surface area (Å²) in [5.74, 6) is 0.818. The van der Waals surface area contributed by atoms with Crippen molar-refractivity contribution in [2.45, 2.75) is 6.42 Å². The fourth-order valence-corrected chi connectivity index (χ4v) is 2.88. The highest BCUT2D eigenvalue weighted by Crippen LogP contribution is 2.36. The normalized spacial score (nSPS) is 12.7. The summed E-state index contributed by atoms with van der Waals surface area (Å²) in [7, 11) is 0. The molecule has 1 aliphatic heterocycles. The fraction of sp³-hybridized carbons (Fsp3) is 0.125. The molecule has 0 saturated carbocycles. The highest BCUT2D eigenvalue weighted by Gasteiger charge is 2.26. The molecule has 0 aliphatic carbocycles. The van der Waals surface area contributed by atoms with Gasteiger partial charge in [0.15, 0.2) is 0 Å². The molecule has 0 fully saturated rings. The lowest BCUT2D eigenvalue weighted by Crippen LogP contribution is -2.06. The molecule has 114 valence electrons. The molecule has 0 radical (unpaired) electrons. The summed E-state index contributed by atoms with van der Waals surface area (Å²) in [6.45, 7) is 0.793. The number of nitrogens with zero attached hydrogens (tertiary/aromatic N) is 4. The number of para-hydroxylation sites is 2. The van der Waals surface area contributed by atoms with Gasteiger partial charge in [-0.15, -0.1) is 0 Å². The first-order valence-corrected chi connectivity index (χ1v) is 7.25. The van der Waals surface area contributed by atoms with Gasteiger partial charge in [-0.25, -0.2) is 4.68 Å². The summed E-state index contributed by atoms with van der Waals surface area (Å²) in [6.07, 6.45) is 4.30. The molecule has 0 bridgehead atoms. The van der Waals surface area contributed by atoms with Crippen LogP contribution in [-0.2, 0) is 6.42 Å². The van der Waals surface area contributed by atoms with Gasteiger partial charge in [0.2, 0.25) is 0 Å². The van der Waals surface area contributed by atoms with Crippen LogP contribution in [0, 0.1) is 10.1 Å². The van der Waals surface area contributed by atoms with Crippen LogP contribution >= 0.6 is 0 Å². The van der Waals surface area contributed by atoms with E-state index in [0.29, 0.717) is 5.69 Å². The minimum Gasteiger partial charge on any atom is -0.369 e. The maximum atomic E-state index is 11.3. The minimum absolute atomic E-state index is 0.0317. The highest BCUT2D eigenvalue weighted by atomic mass is 16.6. The molecular weight excluding hydrogens is 294 g/mol. The number of fused-ring (bicyclic) bond motifs is 1. The molecule has 1 aliphatic rings. The van der Waals surface area contributed by atoms with Crippen LogP contribution in [0.2, 0.25) is 0 Å². The zero-order valence-corrected chi connectivity index (χ0v) is 12.1. The Balaban J connectivity index is 1.94. The Kier molecular flexibility index (Phi) is 3.04. The highest BCUT2D eigenvalue weighted by molar-refractivity contribution is 5.73.